The first-order valence-corrected chi connectivity index (χ1v) is 24.4. The summed E-state index contributed by atoms with van der Waals surface area (Å²) in [6, 6.07) is 26.1. The predicted molar refractivity (Wildman–Crippen MR) is 301 cm³/mol. The largest absolute Gasteiger partial charge is 0.496 e. The van der Waals surface area contributed by atoms with Crippen LogP contribution in [0, 0.1) is 0 Å². The van der Waals surface area contributed by atoms with Crippen molar-refractivity contribution >= 4 is 56.6 Å². The lowest BCUT2D eigenvalue weighted by Gasteiger charge is -2.25. The summed E-state index contributed by atoms with van der Waals surface area (Å²) in [6.07, 6.45) is 6.42. The van der Waals surface area contributed by atoms with Crippen LogP contribution in [0.2, 0.25) is 0 Å². The average molecular weight is 1030 g/mol. The molecular formula is C56H66N14O6. The Bertz CT molecular complexity index is 3310. The third kappa shape index (κ3) is 12.4. The molecule has 0 unspecified atom stereocenters. The molecular weight excluding hydrogens is 965 g/mol. The second kappa shape index (κ2) is 24.4. The maximum Gasteiger partial charge on any atom is 0.334 e. The van der Waals surface area contributed by atoms with Gasteiger partial charge in [0.25, 0.3) is 0 Å². The van der Waals surface area contributed by atoms with Crippen molar-refractivity contribution in [2.24, 2.45) is 14.1 Å². The molecule has 0 bridgehead atoms. The van der Waals surface area contributed by atoms with Crippen LogP contribution in [0.4, 0.5) is 22.7 Å². The number of ether oxygens (including phenoxy) is 2. The Hall–Kier alpha value is -8.88. The maximum atomic E-state index is 13.0. The van der Waals surface area contributed by atoms with Crippen LogP contribution in [0.25, 0.3) is 33.7 Å². The van der Waals surface area contributed by atoms with Crippen LogP contribution >= 0.6 is 0 Å². The van der Waals surface area contributed by atoms with Crippen LogP contribution in [0.5, 0.6) is 11.5 Å². The zero-order chi connectivity index (χ0) is 54.8. The maximum absolute atomic E-state index is 13.0. The summed E-state index contributed by atoms with van der Waals surface area (Å²) in [7, 11) is 18.7. The molecule has 76 heavy (non-hydrogen) atoms. The molecule has 2 N–H and O–H groups in total. The molecule has 0 aliphatic rings. The summed E-state index contributed by atoms with van der Waals surface area (Å²) >= 11 is 0. The number of fused-ring (bicyclic) bond motifs is 2. The van der Waals surface area contributed by atoms with Gasteiger partial charge in [-0.1, -0.05) is 37.4 Å². The molecule has 20 nitrogen and oxygen atoms in total. The van der Waals surface area contributed by atoms with Crippen molar-refractivity contribution in [2.75, 3.05) is 103 Å². The van der Waals surface area contributed by atoms with Crippen LogP contribution in [0.1, 0.15) is 22.8 Å². The van der Waals surface area contributed by atoms with Crippen LogP contribution < -0.4 is 41.3 Å². The summed E-state index contributed by atoms with van der Waals surface area (Å²) in [5.74, 6) is 2.65. The number of para-hydroxylation sites is 4. The smallest absolute Gasteiger partial charge is 0.334 e. The van der Waals surface area contributed by atoms with Crippen LogP contribution in [-0.4, -0.2) is 143 Å². The van der Waals surface area contributed by atoms with Gasteiger partial charge in [0.05, 0.1) is 59.0 Å². The molecule has 20 heteroatoms. The molecule has 2 amide bonds. The Balaban J connectivity index is 0.000000221. The lowest BCUT2D eigenvalue weighted by molar-refractivity contribution is -0.112. The number of methoxy groups -OCH3 is 2. The highest BCUT2D eigenvalue weighted by Gasteiger charge is 2.21. The number of nitrogens with one attached hydrogen (secondary N) is 2. The predicted octanol–water partition coefficient (Wildman–Crippen LogP) is 5.68. The van der Waals surface area contributed by atoms with Gasteiger partial charge >= 0.3 is 11.4 Å². The molecule has 0 aliphatic heterocycles. The van der Waals surface area contributed by atoms with Gasteiger partial charge in [-0.05, 0) is 88.9 Å². The quantitative estimate of drug-likeness (QED) is 0.0886. The Labute approximate surface area is 441 Å². The molecule has 0 saturated carbocycles. The molecule has 0 atom stereocenters. The fraction of sp³-hybridized carbons (Fsp3) is 0.286. The van der Waals surface area contributed by atoms with Gasteiger partial charge in [-0.25, -0.2) is 38.7 Å². The van der Waals surface area contributed by atoms with Gasteiger partial charge in [0, 0.05) is 103 Å². The molecule has 0 aliphatic carbocycles. The zero-order valence-electron chi connectivity index (χ0n) is 44.9. The molecule has 396 valence electrons. The Morgan fingerprint density at radius 1 is 0.566 bits per heavy atom. The van der Waals surface area contributed by atoms with Gasteiger partial charge in [0.2, 0.25) is 11.8 Å². The third-order valence-corrected chi connectivity index (χ3v) is 12.7. The number of benzene rings is 4. The number of anilines is 4. The molecule has 0 radical (unpaired) electrons. The van der Waals surface area contributed by atoms with Crippen molar-refractivity contribution in [2.45, 2.75) is 12.8 Å². The Morgan fingerprint density at radius 3 is 1.28 bits per heavy atom. The number of likely N-dealkylation sites (N-methyl/N-ethyl adjacent to an activating group) is 4. The zero-order valence-corrected chi connectivity index (χ0v) is 44.9. The lowest BCUT2D eigenvalue weighted by Crippen LogP contribution is -2.29. The van der Waals surface area contributed by atoms with Gasteiger partial charge in [-0.2, -0.15) is 0 Å². The first-order valence-electron chi connectivity index (χ1n) is 24.4. The van der Waals surface area contributed by atoms with Gasteiger partial charge in [-0.3, -0.25) is 18.7 Å². The minimum Gasteiger partial charge on any atom is -0.496 e. The van der Waals surface area contributed by atoms with E-state index in [1.165, 1.54) is 12.2 Å². The van der Waals surface area contributed by atoms with Crippen molar-refractivity contribution in [3.8, 4) is 23.1 Å². The molecule has 8 rings (SSSR count). The number of nitrogens with zero attached hydrogens (tertiary/aromatic N) is 12. The van der Waals surface area contributed by atoms with E-state index >= 15 is 0 Å². The SMILES string of the molecule is C=CC(=O)Nc1cc(Cc2nccc(-n3c(=O)n(C)c4ccccc43)n2)c(OC)cc1N(C)CCN(C)C.C=CC(=O)Nc1cc(Cc2nccc(-n3c(=O)n(C)c4ccccc43)n2)c(OC)cc1N(C)CCN(C)C. The molecule has 4 aromatic carbocycles. The summed E-state index contributed by atoms with van der Waals surface area (Å²) in [5.41, 5.74) is 7.27. The van der Waals surface area contributed by atoms with E-state index in [1.54, 1.807) is 71.1 Å². The van der Waals surface area contributed by atoms with E-state index in [-0.39, 0.29) is 23.2 Å². The first-order chi connectivity index (χ1) is 36.5. The Morgan fingerprint density at radius 2 is 0.934 bits per heavy atom. The van der Waals surface area contributed by atoms with E-state index in [4.69, 9.17) is 19.4 Å². The van der Waals surface area contributed by atoms with E-state index in [1.807, 2.05) is 115 Å². The van der Waals surface area contributed by atoms with Crippen molar-refractivity contribution < 1.29 is 19.1 Å². The monoisotopic (exact) mass is 1030 g/mol. The summed E-state index contributed by atoms with van der Waals surface area (Å²) in [4.78, 5) is 77.2. The van der Waals surface area contributed by atoms with Crippen LogP contribution in [0.15, 0.2) is 132 Å². The lowest BCUT2D eigenvalue weighted by atomic mass is 10.1. The number of hydrogen-bond donors (Lipinski definition) is 2. The van der Waals surface area contributed by atoms with E-state index in [9.17, 15) is 19.2 Å². The average Bonchev–Trinajstić information content (AvgIpc) is 3.85. The standard InChI is InChI=1S/2C28H33N7O3/c2*1-7-27(36)30-20-16-19(24(38-6)18-23(20)33(4)15-14-32(2)3)17-25-29-13-12-26(31-25)35-22-11-9-8-10-21(22)34(5)28(35)37/h2*7-13,16,18H,1,14-15,17H2,2-6H3,(H,30,36). The minimum absolute atomic E-state index is 0.187. The summed E-state index contributed by atoms with van der Waals surface area (Å²) in [6.45, 7) is 10.3. The number of carbonyl (C=O) groups is 2. The van der Waals surface area contributed by atoms with Gasteiger partial charge in [0.15, 0.2) is 0 Å². The number of hydrogen-bond acceptors (Lipinski definition) is 14. The van der Waals surface area contributed by atoms with Crippen molar-refractivity contribution in [3.63, 3.8) is 0 Å². The second-order valence-corrected chi connectivity index (χ2v) is 18.5. The third-order valence-electron chi connectivity index (χ3n) is 12.7. The van der Waals surface area contributed by atoms with Gasteiger partial charge in [-0.15, -0.1) is 0 Å². The number of carbonyl (C=O) groups excluding carboxylic acids is 2. The van der Waals surface area contributed by atoms with E-state index in [0.29, 0.717) is 59.0 Å². The molecule has 8 aromatic rings. The number of amides is 2. The summed E-state index contributed by atoms with van der Waals surface area (Å²) in [5, 5.41) is 5.83. The number of aromatic nitrogens is 8. The van der Waals surface area contributed by atoms with Crippen molar-refractivity contribution in [1.29, 1.82) is 0 Å². The molecule has 4 aromatic heterocycles. The highest BCUT2D eigenvalue weighted by molar-refractivity contribution is 6.02. The summed E-state index contributed by atoms with van der Waals surface area (Å²) < 4.78 is 17.8. The topological polar surface area (TPSA) is 195 Å². The highest BCUT2D eigenvalue weighted by Crippen LogP contribution is 2.36. The number of rotatable bonds is 20. The molecule has 0 fully saturated rings. The van der Waals surface area contributed by atoms with Gasteiger partial charge < -0.3 is 39.7 Å². The first kappa shape index (κ1) is 54.9. The molecule has 0 spiro atoms. The molecule has 0 saturated heterocycles. The van der Waals surface area contributed by atoms with E-state index in [2.05, 4.69) is 53.4 Å². The van der Waals surface area contributed by atoms with Crippen molar-refractivity contribution in [1.82, 2.24) is 48.0 Å². The van der Waals surface area contributed by atoms with Crippen LogP contribution in [-0.2, 0) is 36.5 Å². The minimum atomic E-state index is -0.308. The fourth-order valence-corrected chi connectivity index (χ4v) is 8.59. The molecule has 4 heterocycles. The normalized spacial score (nSPS) is 11.1. The fourth-order valence-electron chi connectivity index (χ4n) is 8.59. The Kier molecular flexibility index (Phi) is 17.6. The van der Waals surface area contributed by atoms with Gasteiger partial charge in [0.1, 0.15) is 34.8 Å². The number of imidazole rings is 2. The highest BCUT2D eigenvalue weighted by atomic mass is 16.5. The van der Waals surface area contributed by atoms with E-state index in [0.717, 1.165) is 70.7 Å². The van der Waals surface area contributed by atoms with E-state index < -0.39 is 0 Å². The van der Waals surface area contributed by atoms with Crippen molar-refractivity contribution in [3.05, 3.63) is 166 Å². The number of aryl methyl sites for hydroxylation is 2. The second-order valence-electron chi connectivity index (χ2n) is 18.5. The van der Waals surface area contributed by atoms with Crippen LogP contribution in [0.3, 0.4) is 0 Å².